The van der Waals surface area contributed by atoms with E-state index in [9.17, 15) is 4.39 Å². The van der Waals surface area contributed by atoms with Gasteiger partial charge in [-0.1, -0.05) is 6.58 Å². The van der Waals surface area contributed by atoms with Crippen molar-refractivity contribution in [2.75, 3.05) is 10.6 Å². The van der Waals surface area contributed by atoms with Crippen LogP contribution in [0.25, 0.3) is 0 Å². The van der Waals surface area contributed by atoms with Gasteiger partial charge in [-0.15, -0.1) is 0 Å². The van der Waals surface area contributed by atoms with Crippen LogP contribution in [0, 0.1) is 6.92 Å². The first-order chi connectivity index (χ1) is 11.5. The van der Waals surface area contributed by atoms with E-state index in [1.807, 2.05) is 13.0 Å². The van der Waals surface area contributed by atoms with Gasteiger partial charge in [0.15, 0.2) is 11.6 Å². The molecular weight excluding hydrogens is 311 g/mol. The molecule has 9 heteroatoms. The first-order valence-electron chi connectivity index (χ1n) is 7.17. The van der Waals surface area contributed by atoms with Crippen LogP contribution < -0.4 is 16.4 Å². The topological polar surface area (TPSA) is 117 Å². The van der Waals surface area contributed by atoms with Crippen molar-refractivity contribution in [3.8, 4) is 0 Å². The third kappa shape index (κ3) is 4.90. The average Bonchev–Trinajstić information content (AvgIpc) is 2.97. The highest BCUT2D eigenvalue weighted by atomic mass is 19.1. The van der Waals surface area contributed by atoms with Crippen LogP contribution in [0.15, 0.2) is 48.1 Å². The summed E-state index contributed by atoms with van der Waals surface area (Å²) < 4.78 is 13.0. The van der Waals surface area contributed by atoms with Crippen LogP contribution in [0.2, 0.25) is 0 Å². The maximum Gasteiger partial charge on any atom is 0.153 e. The van der Waals surface area contributed by atoms with Crippen molar-refractivity contribution in [3.05, 3.63) is 48.8 Å². The molecule has 0 amide bonds. The van der Waals surface area contributed by atoms with E-state index < -0.39 is 5.83 Å². The van der Waals surface area contributed by atoms with Crippen LogP contribution in [-0.4, -0.2) is 32.0 Å². The SMILES string of the molecule is C=C/C(F)=C\N=C(/N)[C@H](C)Nc1cncc(Nc2cc(C)[nH]n2)n1. The zero-order valence-electron chi connectivity index (χ0n) is 13.4. The fraction of sp³-hybridized carbons (Fsp3) is 0.200. The third-order valence-electron chi connectivity index (χ3n) is 2.94. The molecule has 2 aromatic rings. The van der Waals surface area contributed by atoms with Crippen LogP contribution in [0.5, 0.6) is 0 Å². The Morgan fingerprint density at radius 1 is 1.42 bits per heavy atom. The van der Waals surface area contributed by atoms with Gasteiger partial charge in [-0.2, -0.15) is 5.10 Å². The van der Waals surface area contributed by atoms with Crippen molar-refractivity contribution >= 4 is 23.3 Å². The number of anilines is 3. The van der Waals surface area contributed by atoms with E-state index in [2.05, 4.69) is 42.4 Å². The fourth-order valence-electron chi connectivity index (χ4n) is 1.71. The maximum absolute atomic E-state index is 13.0. The first-order valence-corrected chi connectivity index (χ1v) is 7.17. The Morgan fingerprint density at radius 3 is 2.83 bits per heavy atom. The molecule has 2 aromatic heterocycles. The molecule has 0 saturated heterocycles. The molecule has 2 heterocycles. The van der Waals surface area contributed by atoms with Gasteiger partial charge in [0.2, 0.25) is 0 Å². The van der Waals surface area contributed by atoms with E-state index in [1.54, 1.807) is 19.3 Å². The molecule has 0 bridgehead atoms. The average molecular weight is 330 g/mol. The lowest BCUT2D eigenvalue weighted by Gasteiger charge is -2.14. The highest BCUT2D eigenvalue weighted by Crippen LogP contribution is 2.14. The van der Waals surface area contributed by atoms with Gasteiger partial charge in [0.1, 0.15) is 17.5 Å². The molecule has 0 aliphatic heterocycles. The van der Waals surface area contributed by atoms with Crippen LogP contribution in [0.3, 0.4) is 0 Å². The quantitative estimate of drug-likeness (QED) is 0.352. The van der Waals surface area contributed by atoms with Gasteiger partial charge in [0.25, 0.3) is 0 Å². The molecule has 8 nitrogen and oxygen atoms in total. The second-order valence-electron chi connectivity index (χ2n) is 4.99. The number of nitrogens with one attached hydrogen (secondary N) is 3. The predicted molar refractivity (Wildman–Crippen MR) is 92.7 cm³/mol. The minimum absolute atomic E-state index is 0.204. The smallest absolute Gasteiger partial charge is 0.153 e. The molecule has 0 spiro atoms. The van der Waals surface area contributed by atoms with Gasteiger partial charge in [0, 0.05) is 11.8 Å². The van der Waals surface area contributed by atoms with Crippen molar-refractivity contribution < 1.29 is 4.39 Å². The van der Waals surface area contributed by atoms with E-state index in [4.69, 9.17) is 5.73 Å². The number of hydrogen-bond donors (Lipinski definition) is 4. The molecule has 0 saturated carbocycles. The minimum Gasteiger partial charge on any atom is -0.385 e. The summed E-state index contributed by atoms with van der Waals surface area (Å²) in [6.45, 7) is 6.97. The Hall–Kier alpha value is -3.23. The van der Waals surface area contributed by atoms with E-state index in [1.165, 1.54) is 0 Å². The van der Waals surface area contributed by atoms with Gasteiger partial charge in [-0.05, 0) is 19.9 Å². The van der Waals surface area contributed by atoms with Crippen LogP contribution in [0.4, 0.5) is 21.8 Å². The van der Waals surface area contributed by atoms with Gasteiger partial charge < -0.3 is 16.4 Å². The standard InChI is InChI=1S/C15H19FN8/c1-4-11(16)6-19-15(17)10(3)20-13-7-18-8-14(22-13)21-12-5-9(2)23-24-12/h4-8,10H,1H2,2-3H3,(H2,17,19)(H3,20,21,22,23,24)/b11-6+/t10-/m0/s1. The molecule has 0 aromatic carbocycles. The molecular formula is C15H19FN8. The van der Waals surface area contributed by atoms with Crippen molar-refractivity contribution in [2.24, 2.45) is 10.7 Å². The Morgan fingerprint density at radius 2 is 2.17 bits per heavy atom. The number of aliphatic imine (C=N–C) groups is 1. The van der Waals surface area contributed by atoms with Gasteiger partial charge in [0.05, 0.1) is 24.6 Å². The number of hydrogen-bond acceptors (Lipinski definition) is 6. The summed E-state index contributed by atoms with van der Waals surface area (Å²) in [5.74, 6) is 1.29. The highest BCUT2D eigenvalue weighted by molar-refractivity contribution is 5.88. The summed E-state index contributed by atoms with van der Waals surface area (Å²) in [5, 5.41) is 13.0. The van der Waals surface area contributed by atoms with E-state index in [0.29, 0.717) is 17.5 Å². The second kappa shape index (κ2) is 7.86. The predicted octanol–water partition coefficient (Wildman–Crippen LogP) is 2.41. The lowest BCUT2D eigenvalue weighted by molar-refractivity contribution is 0.664. The zero-order valence-corrected chi connectivity index (χ0v) is 13.4. The summed E-state index contributed by atoms with van der Waals surface area (Å²) in [5.41, 5.74) is 6.72. The van der Waals surface area contributed by atoms with Gasteiger partial charge >= 0.3 is 0 Å². The lowest BCUT2D eigenvalue weighted by atomic mass is 10.3. The van der Waals surface area contributed by atoms with Crippen LogP contribution >= 0.6 is 0 Å². The molecule has 5 N–H and O–H groups in total. The van der Waals surface area contributed by atoms with Crippen molar-refractivity contribution in [2.45, 2.75) is 19.9 Å². The Labute approximate surface area is 138 Å². The third-order valence-corrected chi connectivity index (χ3v) is 2.94. The molecule has 0 fully saturated rings. The van der Waals surface area contributed by atoms with Crippen LogP contribution in [0.1, 0.15) is 12.6 Å². The number of aryl methyl sites for hydroxylation is 1. The number of amidine groups is 1. The number of aromatic nitrogens is 4. The molecule has 126 valence electrons. The van der Waals surface area contributed by atoms with E-state index in [0.717, 1.165) is 18.0 Å². The van der Waals surface area contributed by atoms with Crippen molar-refractivity contribution in [3.63, 3.8) is 0 Å². The number of allylic oxidation sites excluding steroid dienone is 2. The van der Waals surface area contributed by atoms with E-state index in [-0.39, 0.29) is 11.9 Å². The number of aromatic amines is 1. The Bertz CT molecular complexity index is 764. The number of halogens is 1. The Balaban J connectivity index is 2.04. The number of nitrogens with zero attached hydrogens (tertiary/aromatic N) is 4. The molecule has 0 aliphatic rings. The largest absolute Gasteiger partial charge is 0.385 e. The first kappa shape index (κ1) is 17.1. The van der Waals surface area contributed by atoms with Crippen molar-refractivity contribution in [1.29, 1.82) is 0 Å². The number of H-pyrrole nitrogens is 1. The summed E-state index contributed by atoms with van der Waals surface area (Å²) in [4.78, 5) is 12.3. The van der Waals surface area contributed by atoms with E-state index >= 15 is 0 Å². The second-order valence-corrected chi connectivity index (χ2v) is 4.99. The molecule has 2 rings (SSSR count). The van der Waals surface area contributed by atoms with Gasteiger partial charge in [-0.25, -0.2) is 14.4 Å². The zero-order chi connectivity index (χ0) is 17.5. The molecule has 1 atom stereocenters. The summed E-state index contributed by atoms with van der Waals surface area (Å²) in [7, 11) is 0. The number of rotatable bonds is 7. The maximum atomic E-state index is 13.0. The Kier molecular flexibility index (Phi) is 5.61. The minimum atomic E-state index is -0.564. The molecule has 24 heavy (non-hydrogen) atoms. The summed E-state index contributed by atoms with van der Waals surface area (Å²) >= 11 is 0. The summed E-state index contributed by atoms with van der Waals surface area (Å²) in [6.07, 6.45) is 5.17. The van der Waals surface area contributed by atoms with Crippen molar-refractivity contribution in [1.82, 2.24) is 20.2 Å². The van der Waals surface area contributed by atoms with Gasteiger partial charge in [-0.3, -0.25) is 10.1 Å². The normalized spacial score (nSPS) is 13.5. The number of nitrogens with two attached hydrogens (primary N) is 1. The monoisotopic (exact) mass is 330 g/mol. The molecule has 0 radical (unpaired) electrons. The highest BCUT2D eigenvalue weighted by Gasteiger charge is 2.08. The molecule has 0 aliphatic carbocycles. The fourth-order valence-corrected chi connectivity index (χ4v) is 1.71. The lowest BCUT2D eigenvalue weighted by Crippen LogP contribution is -2.33. The summed E-state index contributed by atoms with van der Waals surface area (Å²) in [6, 6.07) is 1.48. The van der Waals surface area contributed by atoms with Crippen LogP contribution in [-0.2, 0) is 0 Å². The molecule has 0 unspecified atom stereocenters.